The Labute approximate surface area is 532 Å². The van der Waals surface area contributed by atoms with Gasteiger partial charge in [-0.3, -0.25) is 14.0 Å². The normalized spacial score (nSPS) is 17.9. The van der Waals surface area contributed by atoms with Crippen molar-refractivity contribution in [1.82, 2.24) is 74.9 Å². The highest BCUT2D eigenvalue weighted by atomic mass is 19.1. The number of hydrogen-bond donors (Lipinski definition) is 3. The van der Waals surface area contributed by atoms with Crippen LogP contribution in [0.2, 0.25) is 0 Å². The van der Waals surface area contributed by atoms with Gasteiger partial charge in [0.1, 0.15) is 68.0 Å². The third-order valence-electron chi connectivity index (χ3n) is 18.0. The molecular formula is C69H67F3N18O3. The van der Waals surface area contributed by atoms with Crippen molar-refractivity contribution < 1.29 is 28.5 Å². The first-order chi connectivity index (χ1) is 45.0. The van der Waals surface area contributed by atoms with E-state index in [0.717, 1.165) is 68.9 Å². The topological polar surface area (TPSA) is 240 Å². The van der Waals surface area contributed by atoms with E-state index in [0.29, 0.717) is 118 Å². The van der Waals surface area contributed by atoms with Crippen molar-refractivity contribution in [3.8, 4) is 84.8 Å². The van der Waals surface area contributed by atoms with Crippen molar-refractivity contribution in [2.24, 2.45) is 38.9 Å². The lowest BCUT2D eigenvalue weighted by molar-refractivity contribution is 0.443. The van der Waals surface area contributed by atoms with Gasteiger partial charge < -0.3 is 30.0 Å². The number of aryl methyl sites for hydroxylation is 3. The van der Waals surface area contributed by atoms with E-state index in [4.69, 9.17) is 0 Å². The molecule has 472 valence electrons. The number of aromatic hydroxyl groups is 3. The molecule has 1 aliphatic carbocycles. The summed E-state index contributed by atoms with van der Waals surface area (Å²) in [5.41, 5.74) is 7.19. The van der Waals surface area contributed by atoms with E-state index in [1.807, 2.05) is 54.6 Å². The third-order valence-corrected chi connectivity index (χ3v) is 18.0. The zero-order chi connectivity index (χ0) is 64.2. The van der Waals surface area contributed by atoms with Gasteiger partial charge in [0, 0.05) is 130 Å². The summed E-state index contributed by atoms with van der Waals surface area (Å²) in [6.45, 7) is 9.45. The van der Waals surface area contributed by atoms with Gasteiger partial charge in [-0.1, -0.05) is 13.8 Å². The molecule has 16 rings (SSSR count). The molecule has 2 unspecified atom stereocenters. The van der Waals surface area contributed by atoms with E-state index in [9.17, 15) is 28.5 Å². The summed E-state index contributed by atoms with van der Waals surface area (Å²) >= 11 is 0. The lowest BCUT2D eigenvalue weighted by atomic mass is 10.0. The van der Waals surface area contributed by atoms with Crippen LogP contribution in [0.4, 0.5) is 30.6 Å². The van der Waals surface area contributed by atoms with Crippen molar-refractivity contribution in [3.63, 3.8) is 0 Å². The second-order valence-electron chi connectivity index (χ2n) is 25.1. The van der Waals surface area contributed by atoms with Gasteiger partial charge in [0.15, 0.2) is 34.9 Å². The maximum absolute atomic E-state index is 14.4. The average Bonchev–Trinajstić information content (AvgIpc) is 1.82. The molecule has 3 aliphatic heterocycles. The lowest BCUT2D eigenvalue weighted by Crippen LogP contribution is -2.34. The SMILES string of the molecule is C[C@@H]1CCCN(c2ccc(-c3ncc(-c4cc(F)c5nn(C)cc5c4)cc3O)nn2)C1.C[C@H]1CCCN(c2ccc(-c3ncc(-c4cc(F)c5nn(C)cc5c4)cc3O)nn2)C1.Cn1cc2cc(-c3cnc(-c4ccc(N5CC6CCC5C6)nn4)c(O)c3)cc(F)c2n1. The first kappa shape index (κ1) is 59.9. The van der Waals surface area contributed by atoms with Crippen molar-refractivity contribution in [3.05, 3.63) is 146 Å². The number of fused-ring (bicyclic) bond motifs is 5. The molecule has 12 heterocycles. The summed E-state index contributed by atoms with van der Waals surface area (Å²) < 4.78 is 48.0. The van der Waals surface area contributed by atoms with Gasteiger partial charge in [0.25, 0.3) is 0 Å². The van der Waals surface area contributed by atoms with E-state index in [1.165, 1.54) is 50.3 Å². The predicted molar refractivity (Wildman–Crippen MR) is 349 cm³/mol. The number of nitrogens with zero attached hydrogens (tertiary/aromatic N) is 18. The fourth-order valence-corrected chi connectivity index (χ4v) is 13.4. The van der Waals surface area contributed by atoms with Crippen LogP contribution in [0, 0.1) is 35.2 Å². The van der Waals surface area contributed by atoms with E-state index in [2.05, 4.69) is 89.4 Å². The predicted octanol–water partition coefficient (Wildman–Crippen LogP) is 12.3. The Morgan fingerprint density at radius 3 is 1.11 bits per heavy atom. The molecule has 93 heavy (non-hydrogen) atoms. The first-order valence-electron chi connectivity index (χ1n) is 31.3. The molecule has 3 N–H and O–H groups in total. The molecule has 12 aromatic rings. The highest BCUT2D eigenvalue weighted by molar-refractivity contribution is 5.88. The first-order valence-corrected chi connectivity index (χ1v) is 31.3. The molecule has 4 aliphatic rings. The van der Waals surface area contributed by atoms with Crippen LogP contribution in [0.3, 0.4) is 0 Å². The van der Waals surface area contributed by atoms with Crippen LogP contribution in [0.25, 0.3) is 100 Å². The number of halogens is 3. The molecule has 4 atom stereocenters. The lowest BCUT2D eigenvalue weighted by Gasteiger charge is -2.31. The molecule has 0 spiro atoms. The minimum absolute atomic E-state index is 0.0218. The highest BCUT2D eigenvalue weighted by Gasteiger charge is 2.38. The Morgan fingerprint density at radius 2 is 0.796 bits per heavy atom. The molecular weight excluding hydrogens is 1190 g/mol. The minimum Gasteiger partial charge on any atom is -0.506 e. The largest absolute Gasteiger partial charge is 0.506 e. The van der Waals surface area contributed by atoms with Gasteiger partial charge in [-0.25, -0.2) is 28.1 Å². The molecule has 3 aromatic carbocycles. The maximum Gasteiger partial charge on any atom is 0.151 e. The molecule has 1 saturated carbocycles. The summed E-state index contributed by atoms with van der Waals surface area (Å²) in [7, 11) is 5.25. The van der Waals surface area contributed by atoms with Crippen LogP contribution >= 0.6 is 0 Å². The Balaban J connectivity index is 0.000000121. The average molecular weight is 1250 g/mol. The van der Waals surface area contributed by atoms with Crippen LogP contribution in [0.5, 0.6) is 17.2 Å². The van der Waals surface area contributed by atoms with Gasteiger partial charge in [-0.05, 0) is 170 Å². The summed E-state index contributed by atoms with van der Waals surface area (Å²) in [5, 5.41) is 72.2. The van der Waals surface area contributed by atoms with Crippen molar-refractivity contribution in [2.75, 3.05) is 47.4 Å². The quantitative estimate of drug-likeness (QED) is 0.122. The second-order valence-corrected chi connectivity index (χ2v) is 25.1. The van der Waals surface area contributed by atoms with Crippen LogP contribution in [-0.2, 0) is 21.1 Å². The summed E-state index contributed by atoms with van der Waals surface area (Å²) in [5.74, 6) is 3.31. The van der Waals surface area contributed by atoms with Gasteiger partial charge >= 0.3 is 0 Å². The zero-order valence-corrected chi connectivity index (χ0v) is 51.9. The summed E-state index contributed by atoms with van der Waals surface area (Å²) in [4.78, 5) is 20.0. The van der Waals surface area contributed by atoms with E-state index in [-0.39, 0.29) is 17.2 Å². The molecule has 9 aromatic heterocycles. The second kappa shape index (κ2) is 24.9. The molecule has 24 heteroatoms. The molecule has 21 nitrogen and oxygen atoms in total. The minimum atomic E-state index is -0.412. The number of benzene rings is 3. The van der Waals surface area contributed by atoms with Gasteiger partial charge in [0.05, 0.1) is 0 Å². The van der Waals surface area contributed by atoms with E-state index < -0.39 is 17.5 Å². The number of aromatic nitrogens is 15. The standard InChI is InChI=1S/C23H21FN6O.2C23H23FN6O/c1-29-12-16-7-14(8-18(24)22(16)28-29)15-9-20(31)23(25-10-15)19-4-5-21(27-26-19)30-11-13-2-3-17(30)6-13;2*1-14-4-3-7-30(12-14)21-6-5-19(26-27-21)23-20(31)10-16(11-25-23)15-8-17-13-29(2)28-22(17)18(24)9-15/h4-5,7-10,12-13,17,31H,2-3,6,11H2,1H3;2*5-6,8-11,13-14,31H,3-4,7,12H2,1-2H3/t;2*14-/m.10/s1. The number of pyridine rings is 3. The zero-order valence-electron chi connectivity index (χ0n) is 51.9. The van der Waals surface area contributed by atoms with E-state index >= 15 is 0 Å². The van der Waals surface area contributed by atoms with Crippen molar-refractivity contribution >= 4 is 50.2 Å². The van der Waals surface area contributed by atoms with Crippen LogP contribution in [0.15, 0.2) is 128 Å². The monoisotopic (exact) mass is 1250 g/mol. The Hall–Kier alpha value is -10.7. The number of piperidine rings is 3. The van der Waals surface area contributed by atoms with Crippen molar-refractivity contribution in [2.45, 2.75) is 64.8 Å². The Bertz CT molecular complexity index is 4560. The van der Waals surface area contributed by atoms with Crippen LogP contribution < -0.4 is 14.7 Å². The fraction of sp³-hybridized carbons (Fsp3) is 0.304. The van der Waals surface area contributed by atoms with Gasteiger partial charge in [-0.2, -0.15) is 15.3 Å². The summed E-state index contributed by atoms with van der Waals surface area (Å²) in [6, 6.07) is 26.3. The van der Waals surface area contributed by atoms with Gasteiger partial charge in [-0.15, -0.1) is 30.6 Å². The summed E-state index contributed by atoms with van der Waals surface area (Å²) in [6.07, 6.45) is 18.7. The number of hydrogen-bond acceptors (Lipinski definition) is 18. The maximum atomic E-state index is 14.4. The molecule has 0 radical (unpaired) electrons. The smallest absolute Gasteiger partial charge is 0.151 e. The fourth-order valence-electron chi connectivity index (χ4n) is 13.4. The number of rotatable bonds is 9. The third kappa shape index (κ3) is 12.4. The van der Waals surface area contributed by atoms with Crippen molar-refractivity contribution in [1.29, 1.82) is 0 Å². The Kier molecular flexibility index (Phi) is 16.0. The van der Waals surface area contributed by atoms with E-state index in [1.54, 1.807) is 90.6 Å². The molecule has 4 fully saturated rings. The number of anilines is 3. The molecule has 2 bridgehead atoms. The molecule has 0 amide bonds. The van der Waals surface area contributed by atoms with Crippen LogP contribution in [-0.4, -0.2) is 129 Å². The Morgan fingerprint density at radius 1 is 0.419 bits per heavy atom. The van der Waals surface area contributed by atoms with Gasteiger partial charge in [0.2, 0.25) is 0 Å². The molecule has 3 saturated heterocycles. The van der Waals surface area contributed by atoms with Crippen LogP contribution in [0.1, 0.15) is 58.8 Å². The highest BCUT2D eigenvalue weighted by Crippen LogP contribution is 2.41.